The van der Waals surface area contributed by atoms with Gasteiger partial charge in [-0.3, -0.25) is 4.79 Å². The Labute approximate surface area is 146 Å². The molecule has 3 aromatic rings. The van der Waals surface area contributed by atoms with Crippen molar-refractivity contribution in [3.63, 3.8) is 0 Å². The van der Waals surface area contributed by atoms with Gasteiger partial charge in [-0.25, -0.2) is 4.98 Å². The van der Waals surface area contributed by atoms with E-state index in [1.165, 1.54) is 0 Å². The van der Waals surface area contributed by atoms with Crippen molar-refractivity contribution in [3.8, 4) is 22.6 Å². The zero-order chi connectivity index (χ0) is 18.1. The van der Waals surface area contributed by atoms with E-state index < -0.39 is 0 Å². The minimum Gasteiger partial charge on any atom is -0.496 e. The molecule has 6 heteroatoms. The highest BCUT2D eigenvalue weighted by Gasteiger charge is 2.14. The molecule has 6 nitrogen and oxygen atoms in total. The first-order valence-electron chi connectivity index (χ1n) is 7.90. The second kappa shape index (κ2) is 6.47. The fourth-order valence-corrected chi connectivity index (χ4v) is 2.97. The Balaban J connectivity index is 2.36. The summed E-state index contributed by atoms with van der Waals surface area (Å²) in [5.74, 6) is 2.12. The van der Waals surface area contributed by atoms with E-state index in [4.69, 9.17) is 9.47 Å². The summed E-state index contributed by atoms with van der Waals surface area (Å²) in [5.41, 5.74) is 2.66. The quantitative estimate of drug-likeness (QED) is 0.792. The monoisotopic (exact) mass is 339 g/mol. The summed E-state index contributed by atoms with van der Waals surface area (Å²) < 4.78 is 12.5. The van der Waals surface area contributed by atoms with Crippen LogP contribution < -0.4 is 20.3 Å². The Morgan fingerprint density at radius 2 is 1.72 bits per heavy atom. The fraction of sp³-hybridized carbons (Fsp3) is 0.263. The van der Waals surface area contributed by atoms with Crippen LogP contribution in [0.15, 0.2) is 35.4 Å². The number of ether oxygens (including phenoxy) is 2. The molecule has 130 valence electrons. The van der Waals surface area contributed by atoms with Crippen molar-refractivity contribution in [2.45, 2.75) is 6.92 Å². The number of methoxy groups -OCH3 is 2. The molecule has 1 N–H and O–H groups in total. The standard InChI is InChI=1S/C19H21N3O3/c1-11-16(24-4)6-12(7-17(11)25-5)15-10-22(3)19(23)13-8-18(20-2)21-9-14(13)15/h6-10H,1-5H3,(H,20,21). The van der Waals surface area contributed by atoms with E-state index in [-0.39, 0.29) is 5.56 Å². The second-order valence-corrected chi connectivity index (χ2v) is 5.83. The minimum absolute atomic E-state index is 0.0660. The highest BCUT2D eigenvalue weighted by Crippen LogP contribution is 2.36. The van der Waals surface area contributed by atoms with E-state index in [9.17, 15) is 4.79 Å². The van der Waals surface area contributed by atoms with E-state index in [2.05, 4.69) is 10.3 Å². The molecule has 0 atom stereocenters. The van der Waals surface area contributed by atoms with Crippen molar-refractivity contribution in [1.82, 2.24) is 9.55 Å². The normalized spacial score (nSPS) is 10.8. The molecule has 3 rings (SSSR count). The Morgan fingerprint density at radius 1 is 1.08 bits per heavy atom. The molecule has 0 spiro atoms. The molecule has 1 aromatic carbocycles. The molecule has 0 amide bonds. The predicted octanol–water partition coefficient (Wildman–Crippen LogP) is 2.97. The van der Waals surface area contributed by atoms with Gasteiger partial charge in [0.2, 0.25) is 0 Å². The van der Waals surface area contributed by atoms with Gasteiger partial charge in [0.1, 0.15) is 17.3 Å². The lowest BCUT2D eigenvalue weighted by molar-refractivity contribution is 0.389. The molecule has 0 aliphatic carbocycles. The smallest absolute Gasteiger partial charge is 0.258 e. The fourth-order valence-electron chi connectivity index (χ4n) is 2.97. The third-order valence-corrected chi connectivity index (χ3v) is 4.39. The number of nitrogens with zero attached hydrogens (tertiary/aromatic N) is 2. The predicted molar refractivity (Wildman–Crippen MR) is 99.8 cm³/mol. The van der Waals surface area contributed by atoms with Gasteiger partial charge in [-0.15, -0.1) is 0 Å². The van der Waals surface area contributed by atoms with E-state index in [0.29, 0.717) is 11.2 Å². The maximum absolute atomic E-state index is 12.5. The summed E-state index contributed by atoms with van der Waals surface area (Å²) in [5, 5.41) is 4.37. The highest BCUT2D eigenvalue weighted by molar-refractivity contribution is 5.96. The van der Waals surface area contributed by atoms with Crippen LogP contribution >= 0.6 is 0 Å². The molecule has 2 aromatic heterocycles. The maximum Gasteiger partial charge on any atom is 0.258 e. The summed E-state index contributed by atoms with van der Waals surface area (Å²) >= 11 is 0. The van der Waals surface area contributed by atoms with Gasteiger partial charge in [-0.2, -0.15) is 0 Å². The molecule has 0 saturated carbocycles. The zero-order valence-electron chi connectivity index (χ0n) is 15.0. The Hall–Kier alpha value is -3.02. The molecule has 25 heavy (non-hydrogen) atoms. The Morgan fingerprint density at radius 3 is 2.28 bits per heavy atom. The number of aryl methyl sites for hydroxylation is 1. The third-order valence-electron chi connectivity index (χ3n) is 4.39. The number of pyridine rings is 2. The maximum atomic E-state index is 12.5. The van der Waals surface area contributed by atoms with Crippen molar-refractivity contribution in [1.29, 1.82) is 0 Å². The summed E-state index contributed by atoms with van der Waals surface area (Å²) in [6, 6.07) is 5.66. The van der Waals surface area contributed by atoms with Gasteiger partial charge in [0, 0.05) is 43.0 Å². The second-order valence-electron chi connectivity index (χ2n) is 5.83. The first-order chi connectivity index (χ1) is 12.0. The van der Waals surface area contributed by atoms with Gasteiger partial charge in [0.05, 0.1) is 19.6 Å². The number of nitrogens with one attached hydrogen (secondary N) is 1. The summed E-state index contributed by atoms with van der Waals surface area (Å²) in [6.45, 7) is 1.95. The van der Waals surface area contributed by atoms with Gasteiger partial charge in [-0.1, -0.05) is 0 Å². The van der Waals surface area contributed by atoms with Crippen LogP contribution in [0.4, 0.5) is 5.82 Å². The number of hydrogen-bond acceptors (Lipinski definition) is 5. The molecule has 0 fully saturated rings. The van der Waals surface area contributed by atoms with E-state index in [0.717, 1.165) is 33.6 Å². The first kappa shape index (κ1) is 16.8. The van der Waals surface area contributed by atoms with Gasteiger partial charge in [0.15, 0.2) is 0 Å². The van der Waals surface area contributed by atoms with Crippen molar-refractivity contribution < 1.29 is 9.47 Å². The summed E-state index contributed by atoms with van der Waals surface area (Å²) in [6.07, 6.45) is 3.53. The first-order valence-corrected chi connectivity index (χ1v) is 7.90. The van der Waals surface area contributed by atoms with Crippen LogP contribution in [0.5, 0.6) is 11.5 Å². The summed E-state index contributed by atoms with van der Waals surface area (Å²) in [7, 11) is 6.78. The SMILES string of the molecule is CNc1cc2c(=O)n(C)cc(-c3cc(OC)c(C)c(OC)c3)c2cn1. The van der Waals surface area contributed by atoms with Crippen LogP contribution in [-0.2, 0) is 7.05 Å². The van der Waals surface area contributed by atoms with Crippen molar-refractivity contribution in [3.05, 3.63) is 46.5 Å². The zero-order valence-corrected chi connectivity index (χ0v) is 15.0. The van der Waals surface area contributed by atoms with Crippen molar-refractivity contribution >= 4 is 16.6 Å². The van der Waals surface area contributed by atoms with Crippen LogP contribution in [0.2, 0.25) is 0 Å². The number of anilines is 1. The van der Waals surface area contributed by atoms with E-state index in [1.807, 2.05) is 25.3 Å². The number of aromatic nitrogens is 2. The molecule has 0 bridgehead atoms. The number of rotatable bonds is 4. The third kappa shape index (κ3) is 2.80. The van der Waals surface area contributed by atoms with Gasteiger partial charge < -0.3 is 19.4 Å². The van der Waals surface area contributed by atoms with E-state index >= 15 is 0 Å². The average molecular weight is 339 g/mol. The lowest BCUT2D eigenvalue weighted by Crippen LogP contribution is -2.17. The van der Waals surface area contributed by atoms with Crippen LogP contribution in [-0.4, -0.2) is 30.8 Å². The van der Waals surface area contributed by atoms with Crippen LogP contribution in [0.3, 0.4) is 0 Å². The molecule has 0 aliphatic heterocycles. The van der Waals surface area contributed by atoms with E-state index in [1.54, 1.807) is 45.1 Å². The molecule has 0 radical (unpaired) electrons. The van der Waals surface area contributed by atoms with Gasteiger partial charge in [0.25, 0.3) is 5.56 Å². The molecular formula is C19H21N3O3. The Kier molecular flexibility index (Phi) is 4.35. The topological polar surface area (TPSA) is 65.4 Å². The number of hydrogen-bond donors (Lipinski definition) is 1. The molecular weight excluding hydrogens is 318 g/mol. The van der Waals surface area contributed by atoms with Crippen molar-refractivity contribution in [2.24, 2.45) is 7.05 Å². The molecule has 0 aliphatic rings. The van der Waals surface area contributed by atoms with Crippen LogP contribution in [0.1, 0.15) is 5.56 Å². The number of fused-ring (bicyclic) bond motifs is 1. The highest BCUT2D eigenvalue weighted by atomic mass is 16.5. The minimum atomic E-state index is -0.0660. The van der Waals surface area contributed by atoms with Crippen LogP contribution in [0.25, 0.3) is 21.9 Å². The number of benzene rings is 1. The summed E-state index contributed by atoms with van der Waals surface area (Å²) in [4.78, 5) is 16.9. The lowest BCUT2D eigenvalue weighted by Gasteiger charge is -2.15. The van der Waals surface area contributed by atoms with Crippen LogP contribution in [0, 0.1) is 6.92 Å². The molecule has 0 unspecified atom stereocenters. The molecule has 0 saturated heterocycles. The van der Waals surface area contributed by atoms with Crippen molar-refractivity contribution in [2.75, 3.05) is 26.6 Å². The largest absolute Gasteiger partial charge is 0.496 e. The van der Waals surface area contributed by atoms with Gasteiger partial charge in [-0.05, 0) is 30.7 Å². The Bertz CT molecular complexity index is 984. The molecule has 2 heterocycles. The van der Waals surface area contributed by atoms with Gasteiger partial charge >= 0.3 is 0 Å². The lowest BCUT2D eigenvalue weighted by atomic mass is 9.99. The average Bonchev–Trinajstić information content (AvgIpc) is 2.64.